The van der Waals surface area contributed by atoms with Crippen molar-refractivity contribution in [2.45, 2.75) is 19.9 Å². The zero-order valence-corrected chi connectivity index (χ0v) is 17.8. The number of carbonyl (C=O) groups is 1. The maximum absolute atomic E-state index is 12.7. The molecule has 0 radical (unpaired) electrons. The smallest absolute Gasteiger partial charge is 0.275 e. The van der Waals surface area contributed by atoms with Gasteiger partial charge in [0.05, 0.1) is 13.3 Å². The van der Waals surface area contributed by atoms with Gasteiger partial charge in [-0.15, -0.1) is 10.2 Å². The van der Waals surface area contributed by atoms with Gasteiger partial charge in [0.15, 0.2) is 5.82 Å². The summed E-state index contributed by atoms with van der Waals surface area (Å²) in [6, 6.07) is 12.0. The fraction of sp³-hybridized carbons (Fsp3) is 0.182. The molecule has 1 N–H and O–H groups in total. The van der Waals surface area contributed by atoms with Crippen LogP contribution in [0.2, 0.25) is 0 Å². The summed E-state index contributed by atoms with van der Waals surface area (Å²) in [5.41, 5.74) is 0.776. The minimum atomic E-state index is -0.423. The largest absolute Gasteiger partial charge is 0.495 e. The van der Waals surface area contributed by atoms with Gasteiger partial charge < -0.3 is 19.4 Å². The van der Waals surface area contributed by atoms with E-state index in [9.17, 15) is 4.79 Å². The normalized spacial score (nSPS) is 10.8. The van der Waals surface area contributed by atoms with Crippen LogP contribution >= 0.6 is 0 Å². The summed E-state index contributed by atoms with van der Waals surface area (Å²) >= 11 is 0. The third kappa shape index (κ3) is 4.69. The lowest BCUT2D eigenvalue weighted by Crippen LogP contribution is -2.15. The van der Waals surface area contributed by atoms with Crippen molar-refractivity contribution in [3.05, 3.63) is 66.9 Å². The van der Waals surface area contributed by atoms with E-state index in [1.54, 1.807) is 50.0 Å². The van der Waals surface area contributed by atoms with Crippen LogP contribution < -0.4 is 14.8 Å². The third-order valence-corrected chi connectivity index (χ3v) is 4.48. The molecule has 32 heavy (non-hydrogen) atoms. The third-order valence-electron chi connectivity index (χ3n) is 4.48. The standard InChI is InChI=1S/C22H21N7O3/c1-14(2)29-13-25-28-21(29)17-5-4-6-19(26-17)27-22(30)18-11-15(9-10-23-18)32-20-8-7-16(31-3)12-24-20/h4-14H,1-3H3,(H,26,27,30). The zero-order valence-electron chi connectivity index (χ0n) is 17.8. The van der Waals surface area contributed by atoms with Crippen LogP contribution in [0.5, 0.6) is 17.4 Å². The van der Waals surface area contributed by atoms with E-state index >= 15 is 0 Å². The van der Waals surface area contributed by atoms with Crippen LogP contribution in [0.3, 0.4) is 0 Å². The second kappa shape index (κ2) is 9.21. The Kier molecular flexibility index (Phi) is 6.02. The zero-order chi connectivity index (χ0) is 22.5. The Bertz CT molecular complexity index is 1220. The number of anilines is 1. The summed E-state index contributed by atoms with van der Waals surface area (Å²) in [6.45, 7) is 4.06. The van der Waals surface area contributed by atoms with Crippen molar-refractivity contribution in [1.29, 1.82) is 0 Å². The van der Waals surface area contributed by atoms with Gasteiger partial charge in [0.25, 0.3) is 5.91 Å². The molecule has 0 aromatic carbocycles. The molecule has 1 amide bonds. The Morgan fingerprint density at radius 2 is 1.97 bits per heavy atom. The lowest BCUT2D eigenvalue weighted by molar-refractivity contribution is 0.102. The number of pyridine rings is 3. The average molecular weight is 431 g/mol. The molecule has 10 heteroatoms. The Balaban J connectivity index is 1.49. The first-order valence-corrected chi connectivity index (χ1v) is 9.85. The highest BCUT2D eigenvalue weighted by Crippen LogP contribution is 2.22. The molecule has 0 aliphatic carbocycles. The molecule has 0 saturated carbocycles. The monoisotopic (exact) mass is 431 g/mol. The van der Waals surface area contributed by atoms with Crippen LogP contribution in [0.1, 0.15) is 30.4 Å². The molecule has 0 spiro atoms. The summed E-state index contributed by atoms with van der Waals surface area (Å²) in [7, 11) is 1.56. The quantitative estimate of drug-likeness (QED) is 0.470. The molecular formula is C22H21N7O3. The van der Waals surface area contributed by atoms with Crippen LogP contribution in [-0.2, 0) is 0 Å². The Morgan fingerprint density at radius 3 is 2.72 bits per heavy atom. The number of carbonyl (C=O) groups excluding carboxylic acids is 1. The molecule has 4 heterocycles. The van der Waals surface area contributed by atoms with Crippen molar-refractivity contribution < 1.29 is 14.3 Å². The van der Waals surface area contributed by atoms with Crippen molar-refractivity contribution in [2.75, 3.05) is 12.4 Å². The van der Waals surface area contributed by atoms with Gasteiger partial charge >= 0.3 is 0 Å². The highest BCUT2D eigenvalue weighted by Gasteiger charge is 2.14. The van der Waals surface area contributed by atoms with Crippen LogP contribution in [0.15, 0.2) is 61.2 Å². The van der Waals surface area contributed by atoms with Gasteiger partial charge in [-0.05, 0) is 38.1 Å². The predicted molar refractivity (Wildman–Crippen MR) is 117 cm³/mol. The van der Waals surface area contributed by atoms with E-state index in [1.165, 1.54) is 12.3 Å². The van der Waals surface area contributed by atoms with E-state index in [1.807, 2.05) is 24.5 Å². The van der Waals surface area contributed by atoms with Gasteiger partial charge in [0, 0.05) is 24.4 Å². The molecule has 0 aliphatic rings. The van der Waals surface area contributed by atoms with Crippen molar-refractivity contribution in [3.63, 3.8) is 0 Å². The molecular weight excluding hydrogens is 410 g/mol. The number of aromatic nitrogens is 6. The number of amides is 1. The topological polar surface area (TPSA) is 117 Å². The summed E-state index contributed by atoms with van der Waals surface area (Å²) in [5.74, 6) is 1.98. The highest BCUT2D eigenvalue weighted by atomic mass is 16.5. The highest BCUT2D eigenvalue weighted by molar-refractivity contribution is 6.02. The molecule has 0 atom stereocenters. The molecule has 0 unspecified atom stereocenters. The summed E-state index contributed by atoms with van der Waals surface area (Å²) in [5, 5.41) is 10.9. The van der Waals surface area contributed by atoms with E-state index in [2.05, 4.69) is 30.5 Å². The minimum Gasteiger partial charge on any atom is -0.495 e. The number of methoxy groups -OCH3 is 1. The van der Waals surface area contributed by atoms with Gasteiger partial charge in [-0.3, -0.25) is 9.78 Å². The predicted octanol–water partition coefficient (Wildman–Crippen LogP) is 3.76. The molecule has 0 bridgehead atoms. The molecule has 0 fully saturated rings. The van der Waals surface area contributed by atoms with E-state index in [0.717, 1.165) is 0 Å². The number of rotatable bonds is 7. The van der Waals surface area contributed by atoms with Gasteiger partial charge in [0.1, 0.15) is 35.0 Å². The summed E-state index contributed by atoms with van der Waals surface area (Å²) in [4.78, 5) is 25.5. The first kappa shape index (κ1) is 20.9. The fourth-order valence-electron chi connectivity index (χ4n) is 2.88. The van der Waals surface area contributed by atoms with Gasteiger partial charge in [-0.1, -0.05) is 6.07 Å². The lowest BCUT2D eigenvalue weighted by Gasteiger charge is -2.11. The summed E-state index contributed by atoms with van der Waals surface area (Å²) < 4.78 is 12.7. The molecule has 4 aromatic heterocycles. The van der Waals surface area contributed by atoms with Crippen LogP contribution in [0.25, 0.3) is 11.5 Å². The second-order valence-corrected chi connectivity index (χ2v) is 7.03. The molecule has 4 aromatic rings. The molecule has 162 valence electrons. The average Bonchev–Trinajstić information content (AvgIpc) is 3.30. The Labute approximate surface area is 184 Å². The lowest BCUT2D eigenvalue weighted by atomic mass is 10.3. The van der Waals surface area contributed by atoms with Crippen molar-refractivity contribution in [3.8, 4) is 28.9 Å². The number of nitrogens with one attached hydrogen (secondary N) is 1. The van der Waals surface area contributed by atoms with Crippen molar-refractivity contribution >= 4 is 11.7 Å². The molecule has 0 saturated heterocycles. The number of nitrogens with zero attached hydrogens (tertiary/aromatic N) is 6. The van der Waals surface area contributed by atoms with Gasteiger partial charge in [0.2, 0.25) is 5.88 Å². The number of hydrogen-bond acceptors (Lipinski definition) is 8. The summed E-state index contributed by atoms with van der Waals surface area (Å²) in [6.07, 6.45) is 4.69. The van der Waals surface area contributed by atoms with Crippen molar-refractivity contribution in [2.24, 2.45) is 0 Å². The first-order valence-electron chi connectivity index (χ1n) is 9.85. The van der Waals surface area contributed by atoms with Gasteiger partial charge in [-0.2, -0.15) is 0 Å². The van der Waals surface area contributed by atoms with Crippen molar-refractivity contribution in [1.82, 2.24) is 29.7 Å². The van der Waals surface area contributed by atoms with Crippen LogP contribution in [-0.4, -0.2) is 42.7 Å². The number of ether oxygens (including phenoxy) is 2. The second-order valence-electron chi connectivity index (χ2n) is 7.03. The minimum absolute atomic E-state index is 0.173. The molecule has 4 rings (SSSR count). The molecule has 0 aliphatic heterocycles. The SMILES string of the molecule is COc1ccc(Oc2ccnc(C(=O)Nc3cccc(-c4nncn4C(C)C)n3)c2)nc1. The Morgan fingerprint density at radius 1 is 1.09 bits per heavy atom. The van der Waals surface area contributed by atoms with Gasteiger partial charge in [-0.25, -0.2) is 9.97 Å². The first-order chi connectivity index (χ1) is 15.5. The maximum Gasteiger partial charge on any atom is 0.275 e. The molecule has 10 nitrogen and oxygen atoms in total. The van der Waals surface area contributed by atoms with E-state index in [4.69, 9.17) is 9.47 Å². The van der Waals surface area contributed by atoms with E-state index in [-0.39, 0.29) is 11.7 Å². The van der Waals surface area contributed by atoms with E-state index in [0.29, 0.717) is 34.7 Å². The fourth-order valence-corrected chi connectivity index (χ4v) is 2.88. The van der Waals surface area contributed by atoms with Crippen LogP contribution in [0.4, 0.5) is 5.82 Å². The maximum atomic E-state index is 12.7. The Hall–Kier alpha value is -4.34. The van der Waals surface area contributed by atoms with Crippen LogP contribution in [0, 0.1) is 0 Å². The number of hydrogen-bond donors (Lipinski definition) is 1. The van der Waals surface area contributed by atoms with E-state index < -0.39 is 5.91 Å².